The minimum Gasteiger partial charge on any atom is -0.336 e. The molecule has 6 heteroatoms. The average Bonchev–Trinajstić information content (AvgIpc) is 3.37. The zero-order valence-corrected chi connectivity index (χ0v) is 21.5. The van der Waals surface area contributed by atoms with Gasteiger partial charge in [0.25, 0.3) is 5.91 Å². The van der Waals surface area contributed by atoms with E-state index in [1.807, 2.05) is 31.2 Å². The molecule has 190 valence electrons. The van der Waals surface area contributed by atoms with Crippen LogP contribution in [0.4, 0.5) is 0 Å². The maximum absolute atomic E-state index is 12.2. The van der Waals surface area contributed by atoms with E-state index >= 15 is 0 Å². The van der Waals surface area contributed by atoms with Crippen LogP contribution >= 0.6 is 0 Å². The van der Waals surface area contributed by atoms with Gasteiger partial charge in [0.1, 0.15) is 17.4 Å². The van der Waals surface area contributed by atoms with Gasteiger partial charge in [-0.2, -0.15) is 0 Å². The van der Waals surface area contributed by atoms with Crippen molar-refractivity contribution in [2.75, 3.05) is 0 Å². The zero-order valence-electron chi connectivity index (χ0n) is 21.5. The van der Waals surface area contributed by atoms with Gasteiger partial charge in [0.05, 0.1) is 5.66 Å². The molecule has 2 saturated carbocycles. The zero-order chi connectivity index (χ0) is 25.2. The van der Waals surface area contributed by atoms with Crippen LogP contribution in [0.1, 0.15) is 92.5 Å². The van der Waals surface area contributed by atoms with E-state index in [1.54, 1.807) is 0 Å². The van der Waals surface area contributed by atoms with Gasteiger partial charge in [-0.15, -0.1) is 0 Å². The van der Waals surface area contributed by atoms with Crippen LogP contribution < -0.4 is 16.0 Å². The monoisotopic (exact) mass is 486 g/mol. The molecule has 6 nitrogen and oxygen atoms in total. The summed E-state index contributed by atoms with van der Waals surface area (Å²) in [5, 5.41) is 9.80. The first-order chi connectivity index (χ1) is 17.4. The first-order valence-electron chi connectivity index (χ1n) is 13.5. The molecule has 2 aliphatic heterocycles. The minimum absolute atomic E-state index is 0.0132. The lowest BCUT2D eigenvalue weighted by Crippen LogP contribution is -2.51. The topological polar surface area (TPSA) is 82.6 Å². The molecule has 1 atom stereocenters. The molecular formula is C30H38N4O2. The SMILES string of the molecule is Cc1ccc(C2=NC3(CCCCC3)NC2=O)cc1.Cc1ccc(C2NC3(CCCCC3)NC2=O)cc1. The summed E-state index contributed by atoms with van der Waals surface area (Å²) in [6.07, 6.45) is 11.3. The number of hydrogen-bond acceptors (Lipinski definition) is 4. The fourth-order valence-corrected chi connectivity index (χ4v) is 5.95. The molecule has 2 aromatic carbocycles. The lowest BCUT2D eigenvalue weighted by atomic mass is 9.89. The summed E-state index contributed by atoms with van der Waals surface area (Å²) < 4.78 is 0. The van der Waals surface area contributed by atoms with Crippen LogP contribution in [0.2, 0.25) is 0 Å². The Kier molecular flexibility index (Phi) is 6.98. The fourth-order valence-electron chi connectivity index (χ4n) is 5.95. The molecule has 2 heterocycles. The van der Waals surface area contributed by atoms with Crippen LogP contribution in [0, 0.1) is 13.8 Å². The third-order valence-corrected chi connectivity index (χ3v) is 8.06. The van der Waals surface area contributed by atoms with Gasteiger partial charge < -0.3 is 10.6 Å². The highest BCUT2D eigenvalue weighted by molar-refractivity contribution is 6.46. The summed E-state index contributed by atoms with van der Waals surface area (Å²) >= 11 is 0. The number of amides is 2. The summed E-state index contributed by atoms with van der Waals surface area (Å²) in [6.45, 7) is 4.11. The molecule has 2 amide bonds. The lowest BCUT2D eigenvalue weighted by molar-refractivity contribution is -0.121. The van der Waals surface area contributed by atoms with E-state index in [4.69, 9.17) is 4.99 Å². The molecule has 2 aliphatic carbocycles. The number of aryl methyl sites for hydroxylation is 2. The maximum Gasteiger partial charge on any atom is 0.272 e. The van der Waals surface area contributed by atoms with Crippen molar-refractivity contribution in [1.29, 1.82) is 0 Å². The Labute approximate surface area is 214 Å². The van der Waals surface area contributed by atoms with Gasteiger partial charge in [-0.25, -0.2) is 0 Å². The molecule has 0 bridgehead atoms. The van der Waals surface area contributed by atoms with Crippen molar-refractivity contribution in [3.05, 3.63) is 70.8 Å². The molecule has 0 radical (unpaired) electrons. The number of nitrogens with one attached hydrogen (secondary N) is 3. The smallest absolute Gasteiger partial charge is 0.272 e. The minimum atomic E-state index is -0.296. The average molecular weight is 487 g/mol. The van der Waals surface area contributed by atoms with Crippen molar-refractivity contribution in [3.63, 3.8) is 0 Å². The van der Waals surface area contributed by atoms with Gasteiger partial charge in [0.15, 0.2) is 0 Å². The van der Waals surface area contributed by atoms with E-state index in [0.717, 1.165) is 49.7 Å². The molecule has 6 rings (SSSR count). The highest BCUT2D eigenvalue weighted by Gasteiger charge is 2.44. The van der Waals surface area contributed by atoms with Gasteiger partial charge in [0.2, 0.25) is 5.91 Å². The molecule has 36 heavy (non-hydrogen) atoms. The predicted octanol–water partition coefficient (Wildman–Crippen LogP) is 4.99. The first kappa shape index (κ1) is 24.7. The van der Waals surface area contributed by atoms with Gasteiger partial charge in [-0.05, 0) is 70.8 Å². The van der Waals surface area contributed by atoms with Crippen molar-refractivity contribution < 1.29 is 9.59 Å². The van der Waals surface area contributed by atoms with E-state index in [9.17, 15) is 9.59 Å². The van der Waals surface area contributed by atoms with Crippen LogP contribution in [0.3, 0.4) is 0 Å². The molecule has 1 unspecified atom stereocenters. The molecule has 1 saturated heterocycles. The highest BCUT2D eigenvalue weighted by Crippen LogP contribution is 2.34. The second kappa shape index (κ2) is 10.2. The van der Waals surface area contributed by atoms with Crippen LogP contribution in [0.15, 0.2) is 53.5 Å². The van der Waals surface area contributed by atoms with Gasteiger partial charge in [-0.1, -0.05) is 72.5 Å². The summed E-state index contributed by atoms with van der Waals surface area (Å²) in [5.74, 6) is 0.113. The molecule has 3 N–H and O–H groups in total. The van der Waals surface area contributed by atoms with E-state index in [0.29, 0.717) is 5.71 Å². The maximum atomic E-state index is 12.2. The van der Waals surface area contributed by atoms with E-state index in [-0.39, 0.29) is 29.2 Å². The highest BCUT2D eigenvalue weighted by atomic mass is 16.2. The van der Waals surface area contributed by atoms with Gasteiger partial charge >= 0.3 is 0 Å². The Bertz CT molecular complexity index is 1120. The third kappa shape index (κ3) is 5.24. The predicted molar refractivity (Wildman–Crippen MR) is 143 cm³/mol. The quantitative estimate of drug-likeness (QED) is 0.559. The lowest BCUT2D eigenvalue weighted by Gasteiger charge is -2.33. The number of carbonyl (C=O) groups is 2. The van der Waals surface area contributed by atoms with E-state index in [1.165, 1.54) is 36.8 Å². The normalized spacial score (nSPS) is 24.1. The van der Waals surface area contributed by atoms with Crippen LogP contribution in [-0.2, 0) is 9.59 Å². The Hall–Kier alpha value is -2.99. The van der Waals surface area contributed by atoms with Gasteiger partial charge in [0, 0.05) is 5.56 Å². The van der Waals surface area contributed by atoms with E-state index < -0.39 is 0 Å². The molecular weight excluding hydrogens is 448 g/mol. The molecule has 2 spiro atoms. The second-order valence-electron chi connectivity index (χ2n) is 11.0. The summed E-state index contributed by atoms with van der Waals surface area (Å²) in [5.41, 5.74) is 4.60. The first-order valence-corrected chi connectivity index (χ1v) is 13.5. The summed E-state index contributed by atoms with van der Waals surface area (Å²) in [6, 6.07) is 16.1. The van der Waals surface area contributed by atoms with Crippen molar-refractivity contribution in [1.82, 2.24) is 16.0 Å². The number of hydrogen-bond donors (Lipinski definition) is 3. The van der Waals surface area contributed by atoms with Crippen LogP contribution in [0.25, 0.3) is 0 Å². The molecule has 0 aromatic heterocycles. The standard InChI is InChI=1S/C15H20N2O.C15H18N2O/c2*1-11-5-7-12(8-6-11)13-14(18)17-15(16-13)9-3-2-4-10-15/h5-8,13,16H,2-4,9-10H2,1H3,(H,17,18);5-8H,2-4,9-10H2,1H3,(H,17,18). The molecule has 4 aliphatic rings. The summed E-state index contributed by atoms with van der Waals surface area (Å²) in [4.78, 5) is 29.0. The number of rotatable bonds is 2. The fraction of sp³-hybridized carbons (Fsp3) is 0.500. The summed E-state index contributed by atoms with van der Waals surface area (Å²) in [7, 11) is 0. The van der Waals surface area contributed by atoms with Crippen molar-refractivity contribution in [2.45, 2.75) is 95.4 Å². The molecule has 2 aromatic rings. The third-order valence-electron chi connectivity index (χ3n) is 8.06. The Morgan fingerprint density at radius 2 is 1.28 bits per heavy atom. The largest absolute Gasteiger partial charge is 0.336 e. The number of carbonyl (C=O) groups excluding carboxylic acids is 2. The number of benzene rings is 2. The van der Waals surface area contributed by atoms with E-state index in [2.05, 4.69) is 47.1 Å². The number of aliphatic imine (C=N–C) groups is 1. The molecule has 3 fully saturated rings. The number of nitrogens with zero attached hydrogens (tertiary/aromatic N) is 1. The Morgan fingerprint density at radius 3 is 1.89 bits per heavy atom. The van der Waals surface area contributed by atoms with Crippen molar-refractivity contribution in [2.24, 2.45) is 4.99 Å². The Balaban J connectivity index is 0.000000148. The van der Waals surface area contributed by atoms with Gasteiger partial charge in [-0.3, -0.25) is 19.9 Å². The van der Waals surface area contributed by atoms with Crippen molar-refractivity contribution in [3.8, 4) is 0 Å². The Morgan fingerprint density at radius 1 is 0.722 bits per heavy atom. The van der Waals surface area contributed by atoms with Crippen molar-refractivity contribution >= 4 is 17.5 Å². The van der Waals surface area contributed by atoms with Crippen LogP contribution in [0.5, 0.6) is 0 Å². The van der Waals surface area contributed by atoms with Crippen LogP contribution in [-0.4, -0.2) is 28.9 Å². The second-order valence-corrected chi connectivity index (χ2v) is 11.0.